The van der Waals surface area contributed by atoms with E-state index in [4.69, 9.17) is 11.6 Å². The summed E-state index contributed by atoms with van der Waals surface area (Å²) in [6.45, 7) is 3.56. The van der Waals surface area contributed by atoms with Crippen LogP contribution in [0.25, 0.3) is 0 Å². The molecule has 0 fully saturated rings. The van der Waals surface area contributed by atoms with Gasteiger partial charge in [0, 0.05) is 11.1 Å². The molecule has 0 amide bonds. The summed E-state index contributed by atoms with van der Waals surface area (Å²) in [7, 11) is -3.17. The third-order valence-electron chi connectivity index (χ3n) is 2.38. The van der Waals surface area contributed by atoms with Gasteiger partial charge in [-0.05, 0) is 31.0 Å². The van der Waals surface area contributed by atoms with E-state index in [0.717, 1.165) is 5.56 Å². The van der Waals surface area contributed by atoms with Crippen molar-refractivity contribution in [2.45, 2.75) is 26.3 Å². The van der Waals surface area contributed by atoms with Crippen molar-refractivity contribution in [2.24, 2.45) is 0 Å². The Labute approximate surface area is 102 Å². The predicted molar refractivity (Wildman–Crippen MR) is 67.1 cm³/mol. The van der Waals surface area contributed by atoms with E-state index < -0.39 is 10.0 Å². The molecule has 0 radical (unpaired) electrons. The molecular weight excluding hydrogens is 246 g/mol. The van der Waals surface area contributed by atoms with E-state index in [1.54, 1.807) is 19.1 Å². The van der Waals surface area contributed by atoms with Gasteiger partial charge < -0.3 is 0 Å². The maximum Gasteiger partial charge on any atom is 0.211 e. The van der Waals surface area contributed by atoms with Crippen LogP contribution in [0.1, 0.15) is 31.9 Å². The number of sulfonamides is 1. The van der Waals surface area contributed by atoms with Gasteiger partial charge in [0.25, 0.3) is 0 Å². The van der Waals surface area contributed by atoms with E-state index in [2.05, 4.69) is 4.72 Å². The second kappa shape index (κ2) is 5.66. The van der Waals surface area contributed by atoms with E-state index in [1.807, 2.05) is 19.1 Å². The molecule has 0 saturated heterocycles. The molecule has 0 unspecified atom stereocenters. The largest absolute Gasteiger partial charge is 0.212 e. The molecule has 3 nitrogen and oxygen atoms in total. The lowest BCUT2D eigenvalue weighted by molar-refractivity contribution is 0.551. The first-order valence-corrected chi connectivity index (χ1v) is 7.27. The zero-order valence-electron chi connectivity index (χ0n) is 9.40. The van der Waals surface area contributed by atoms with Crippen molar-refractivity contribution < 1.29 is 8.42 Å². The van der Waals surface area contributed by atoms with Crippen LogP contribution in [0.15, 0.2) is 24.3 Å². The van der Waals surface area contributed by atoms with E-state index in [9.17, 15) is 8.42 Å². The van der Waals surface area contributed by atoms with Gasteiger partial charge in [0.15, 0.2) is 0 Å². The average molecular weight is 262 g/mol. The minimum Gasteiger partial charge on any atom is -0.212 e. The summed E-state index contributed by atoms with van der Waals surface area (Å²) < 4.78 is 25.6. The lowest BCUT2D eigenvalue weighted by atomic mass is 10.1. The molecule has 0 aliphatic rings. The highest BCUT2D eigenvalue weighted by Gasteiger charge is 2.15. The molecule has 90 valence electrons. The van der Waals surface area contributed by atoms with Crippen LogP contribution in [-0.2, 0) is 10.0 Å². The fraction of sp³-hybridized carbons (Fsp3) is 0.455. The normalized spacial score (nSPS) is 13.7. The maximum absolute atomic E-state index is 11.5. The summed E-state index contributed by atoms with van der Waals surface area (Å²) in [5, 5.41) is 0.650. The third-order valence-corrected chi connectivity index (χ3v) is 4.04. The van der Waals surface area contributed by atoms with Gasteiger partial charge in [-0.2, -0.15) is 0 Å². The van der Waals surface area contributed by atoms with Crippen LogP contribution >= 0.6 is 11.6 Å². The van der Waals surface area contributed by atoms with Crippen LogP contribution < -0.4 is 4.72 Å². The van der Waals surface area contributed by atoms with Gasteiger partial charge in [-0.1, -0.05) is 30.7 Å². The molecule has 0 aliphatic carbocycles. The summed E-state index contributed by atoms with van der Waals surface area (Å²) in [4.78, 5) is 0. The highest BCUT2D eigenvalue weighted by Crippen LogP contribution is 2.19. The molecule has 16 heavy (non-hydrogen) atoms. The summed E-state index contributed by atoms with van der Waals surface area (Å²) in [5.74, 6) is 0.0943. The minimum atomic E-state index is -3.17. The van der Waals surface area contributed by atoms with Gasteiger partial charge >= 0.3 is 0 Å². The number of halogens is 1. The van der Waals surface area contributed by atoms with Gasteiger partial charge in [-0.3, -0.25) is 0 Å². The summed E-state index contributed by atoms with van der Waals surface area (Å²) in [6, 6.07) is 7.03. The number of rotatable bonds is 5. The molecule has 1 N–H and O–H groups in total. The molecule has 0 aromatic heterocycles. The molecule has 0 heterocycles. The fourth-order valence-electron chi connectivity index (χ4n) is 1.38. The van der Waals surface area contributed by atoms with Gasteiger partial charge in [0.1, 0.15) is 0 Å². The average Bonchev–Trinajstić information content (AvgIpc) is 2.27. The number of nitrogens with one attached hydrogen (secondary N) is 1. The molecule has 5 heteroatoms. The van der Waals surface area contributed by atoms with Crippen molar-refractivity contribution in [2.75, 3.05) is 5.75 Å². The SMILES string of the molecule is CC[C@@H](NS(=O)(=O)CC)c1ccc(Cl)cc1. The van der Waals surface area contributed by atoms with Crippen molar-refractivity contribution in [3.8, 4) is 0 Å². The van der Waals surface area contributed by atoms with E-state index in [1.165, 1.54) is 0 Å². The molecule has 1 rings (SSSR count). The third kappa shape index (κ3) is 3.77. The van der Waals surface area contributed by atoms with Crippen molar-refractivity contribution in [1.82, 2.24) is 4.72 Å². The zero-order chi connectivity index (χ0) is 12.2. The Bertz CT molecular complexity index is 428. The smallest absolute Gasteiger partial charge is 0.211 e. The van der Waals surface area contributed by atoms with Crippen LogP contribution in [0.4, 0.5) is 0 Å². The molecule has 1 aromatic carbocycles. The first-order valence-electron chi connectivity index (χ1n) is 5.24. The minimum absolute atomic E-state index is 0.0943. The second-order valence-corrected chi connectivity index (χ2v) is 6.01. The Balaban J connectivity index is 2.87. The maximum atomic E-state index is 11.5. The quantitative estimate of drug-likeness (QED) is 0.886. The van der Waals surface area contributed by atoms with Crippen LogP contribution in [-0.4, -0.2) is 14.2 Å². The summed E-state index contributed by atoms with van der Waals surface area (Å²) in [6.07, 6.45) is 0.709. The molecule has 0 bridgehead atoms. The van der Waals surface area contributed by atoms with Gasteiger partial charge in [0.2, 0.25) is 10.0 Å². The molecule has 1 atom stereocenters. The highest BCUT2D eigenvalue weighted by molar-refractivity contribution is 7.89. The molecular formula is C11H16ClNO2S. The molecule has 0 aliphatic heterocycles. The van der Waals surface area contributed by atoms with E-state index in [0.29, 0.717) is 11.4 Å². The van der Waals surface area contributed by atoms with Crippen molar-refractivity contribution >= 4 is 21.6 Å². The van der Waals surface area contributed by atoms with E-state index >= 15 is 0 Å². The zero-order valence-corrected chi connectivity index (χ0v) is 11.0. The van der Waals surface area contributed by atoms with Gasteiger partial charge in [-0.25, -0.2) is 13.1 Å². The Hall–Kier alpha value is -0.580. The fourth-order valence-corrected chi connectivity index (χ4v) is 2.41. The molecule has 0 saturated carbocycles. The Morgan fingerprint density at radius 3 is 2.25 bits per heavy atom. The number of hydrogen-bond acceptors (Lipinski definition) is 2. The van der Waals surface area contributed by atoms with Gasteiger partial charge in [-0.15, -0.1) is 0 Å². The first kappa shape index (κ1) is 13.5. The van der Waals surface area contributed by atoms with Crippen LogP contribution in [0.3, 0.4) is 0 Å². The standard InChI is InChI=1S/C11H16ClNO2S/c1-3-11(13-16(14,15)4-2)9-5-7-10(12)8-6-9/h5-8,11,13H,3-4H2,1-2H3/t11-/m1/s1. The summed E-state index contributed by atoms with van der Waals surface area (Å²) in [5.41, 5.74) is 0.934. The van der Waals surface area contributed by atoms with Crippen molar-refractivity contribution in [1.29, 1.82) is 0 Å². The van der Waals surface area contributed by atoms with Crippen molar-refractivity contribution in [3.05, 3.63) is 34.9 Å². The van der Waals surface area contributed by atoms with E-state index in [-0.39, 0.29) is 11.8 Å². The van der Waals surface area contributed by atoms with Crippen LogP contribution in [0, 0.1) is 0 Å². The topological polar surface area (TPSA) is 46.2 Å². The predicted octanol–water partition coefficient (Wildman–Crippen LogP) is 2.73. The number of benzene rings is 1. The molecule has 1 aromatic rings. The Morgan fingerprint density at radius 2 is 1.81 bits per heavy atom. The van der Waals surface area contributed by atoms with Crippen molar-refractivity contribution in [3.63, 3.8) is 0 Å². The Kier molecular flexibility index (Phi) is 4.77. The van der Waals surface area contributed by atoms with Crippen LogP contribution in [0.5, 0.6) is 0 Å². The monoisotopic (exact) mass is 261 g/mol. The lowest BCUT2D eigenvalue weighted by Gasteiger charge is -2.16. The summed E-state index contributed by atoms with van der Waals surface area (Å²) >= 11 is 5.78. The Morgan fingerprint density at radius 1 is 1.25 bits per heavy atom. The van der Waals surface area contributed by atoms with Gasteiger partial charge in [0.05, 0.1) is 5.75 Å². The number of hydrogen-bond donors (Lipinski definition) is 1. The lowest BCUT2D eigenvalue weighted by Crippen LogP contribution is -2.29. The molecule has 0 spiro atoms. The van der Waals surface area contributed by atoms with Crippen LogP contribution in [0.2, 0.25) is 5.02 Å². The second-order valence-electron chi connectivity index (χ2n) is 3.53. The first-order chi connectivity index (χ1) is 7.48. The highest BCUT2D eigenvalue weighted by atomic mass is 35.5.